The second-order valence-electron chi connectivity index (χ2n) is 10.9. The second kappa shape index (κ2) is 14.1. The van der Waals surface area contributed by atoms with E-state index in [0.29, 0.717) is 31.0 Å². The molecule has 0 bridgehead atoms. The van der Waals surface area contributed by atoms with Crippen molar-refractivity contribution in [2.75, 3.05) is 18.5 Å². The molecule has 0 saturated heterocycles. The number of alkyl carbamates (subject to hydrolysis) is 1. The molecule has 1 aliphatic carbocycles. The Morgan fingerprint density at radius 2 is 1.62 bits per heavy atom. The van der Waals surface area contributed by atoms with E-state index in [9.17, 15) is 32.3 Å². The quantitative estimate of drug-likeness (QED) is 0.346. The zero-order valence-electron chi connectivity index (χ0n) is 23.5. The standard InChI is InChI=1S/C29H35F3N4O6/c1-28(2,3)42-27(40)35-22-12-13-23(19(15-22)17-41-26(39)34-21-10-5-4-6-11-21)36-24(37)16-33-25(38)18-8-7-9-20(14-18)29(30,31)32/h4-11,14,19,22-23H,12-13,15-17H2,1-3H3,(H,33,38)(H,34,39)(H,35,40)(H,36,37)/t19-,22+,23-/m0/s1. The van der Waals surface area contributed by atoms with Gasteiger partial charge in [0.25, 0.3) is 5.91 Å². The SMILES string of the molecule is CC(C)(C)OC(=O)N[C@@H]1CC[C@H](NC(=O)CNC(=O)c2cccc(C(F)(F)F)c2)[C@H](COC(=O)Nc2ccccc2)C1. The number of rotatable bonds is 8. The van der Waals surface area contributed by atoms with Crippen LogP contribution < -0.4 is 21.3 Å². The van der Waals surface area contributed by atoms with Crippen LogP contribution in [0.15, 0.2) is 54.6 Å². The van der Waals surface area contributed by atoms with Gasteiger partial charge in [-0.3, -0.25) is 14.9 Å². The molecule has 13 heteroatoms. The molecule has 10 nitrogen and oxygen atoms in total. The molecule has 1 fully saturated rings. The van der Waals surface area contributed by atoms with Gasteiger partial charge in [0, 0.05) is 29.3 Å². The fourth-order valence-corrected chi connectivity index (χ4v) is 4.46. The van der Waals surface area contributed by atoms with Crippen LogP contribution >= 0.6 is 0 Å². The summed E-state index contributed by atoms with van der Waals surface area (Å²) in [7, 11) is 0. The fourth-order valence-electron chi connectivity index (χ4n) is 4.46. The van der Waals surface area contributed by atoms with Gasteiger partial charge in [0.2, 0.25) is 5.91 Å². The van der Waals surface area contributed by atoms with Crippen molar-refractivity contribution in [3.05, 3.63) is 65.7 Å². The molecule has 0 aliphatic heterocycles. The highest BCUT2D eigenvalue weighted by Gasteiger charge is 2.34. The number of halogens is 3. The smallest absolute Gasteiger partial charge is 0.416 e. The second-order valence-corrected chi connectivity index (χ2v) is 10.9. The van der Waals surface area contributed by atoms with E-state index in [1.165, 1.54) is 6.07 Å². The summed E-state index contributed by atoms with van der Waals surface area (Å²) in [6.45, 7) is 4.67. The number of benzene rings is 2. The molecule has 3 rings (SSSR count). The zero-order valence-corrected chi connectivity index (χ0v) is 23.5. The van der Waals surface area contributed by atoms with Gasteiger partial charge in [-0.15, -0.1) is 0 Å². The number of hydrogen-bond acceptors (Lipinski definition) is 6. The normalized spacial score (nSPS) is 18.8. The van der Waals surface area contributed by atoms with Crippen molar-refractivity contribution in [1.29, 1.82) is 0 Å². The maximum absolute atomic E-state index is 13.0. The van der Waals surface area contributed by atoms with Gasteiger partial charge in [0.15, 0.2) is 0 Å². The lowest BCUT2D eigenvalue weighted by Gasteiger charge is -2.36. The molecule has 0 spiro atoms. The van der Waals surface area contributed by atoms with Crippen molar-refractivity contribution in [2.45, 2.75) is 63.9 Å². The molecular weight excluding hydrogens is 557 g/mol. The third-order valence-corrected chi connectivity index (χ3v) is 6.36. The highest BCUT2D eigenvalue weighted by Crippen LogP contribution is 2.29. The lowest BCUT2D eigenvalue weighted by molar-refractivity contribution is -0.137. The number of carbonyl (C=O) groups excluding carboxylic acids is 4. The number of alkyl halides is 3. The van der Waals surface area contributed by atoms with Gasteiger partial charge in [0.1, 0.15) is 5.60 Å². The van der Waals surface area contributed by atoms with E-state index in [4.69, 9.17) is 9.47 Å². The number of hydrogen-bond donors (Lipinski definition) is 4. The van der Waals surface area contributed by atoms with Crippen LogP contribution in [0, 0.1) is 5.92 Å². The van der Waals surface area contributed by atoms with Gasteiger partial charge in [0.05, 0.1) is 18.7 Å². The minimum absolute atomic E-state index is 0.0767. The summed E-state index contributed by atoms with van der Waals surface area (Å²) in [6.07, 6.45) is -4.62. The van der Waals surface area contributed by atoms with Crippen molar-refractivity contribution in [3.8, 4) is 0 Å². The summed E-state index contributed by atoms with van der Waals surface area (Å²) in [5, 5.41) is 10.6. The first-order valence-corrected chi connectivity index (χ1v) is 13.4. The number of carbonyl (C=O) groups is 4. The Morgan fingerprint density at radius 3 is 2.29 bits per heavy atom. The summed E-state index contributed by atoms with van der Waals surface area (Å²) in [4.78, 5) is 49.8. The average molecular weight is 593 g/mol. The molecule has 228 valence electrons. The monoisotopic (exact) mass is 592 g/mol. The van der Waals surface area contributed by atoms with Crippen molar-refractivity contribution >= 4 is 29.7 Å². The highest BCUT2D eigenvalue weighted by atomic mass is 19.4. The Hall–Kier alpha value is -4.29. The van der Waals surface area contributed by atoms with Crippen molar-refractivity contribution in [1.82, 2.24) is 16.0 Å². The van der Waals surface area contributed by atoms with Crippen LogP contribution in [0.25, 0.3) is 0 Å². The average Bonchev–Trinajstić information content (AvgIpc) is 2.91. The molecule has 4 N–H and O–H groups in total. The first kappa shape index (κ1) is 32.2. The molecule has 2 aromatic rings. The highest BCUT2D eigenvalue weighted by molar-refractivity contribution is 5.96. The van der Waals surface area contributed by atoms with Gasteiger partial charge in [-0.25, -0.2) is 9.59 Å². The van der Waals surface area contributed by atoms with E-state index in [0.717, 1.165) is 12.1 Å². The minimum Gasteiger partial charge on any atom is -0.449 e. The molecule has 0 unspecified atom stereocenters. The molecular formula is C29H35F3N4O6. The third-order valence-electron chi connectivity index (χ3n) is 6.36. The Balaban J connectivity index is 1.59. The van der Waals surface area contributed by atoms with Crippen LogP contribution in [-0.4, -0.2) is 54.8 Å². The van der Waals surface area contributed by atoms with E-state index in [-0.39, 0.29) is 18.2 Å². The summed E-state index contributed by atoms with van der Waals surface area (Å²) in [5.41, 5.74) is -1.36. The van der Waals surface area contributed by atoms with Gasteiger partial charge < -0.3 is 25.4 Å². The molecule has 2 aromatic carbocycles. The number of amides is 4. The maximum Gasteiger partial charge on any atom is 0.416 e. The summed E-state index contributed by atoms with van der Waals surface area (Å²) >= 11 is 0. The molecule has 0 aromatic heterocycles. The molecule has 4 amide bonds. The van der Waals surface area contributed by atoms with Crippen LogP contribution in [0.2, 0.25) is 0 Å². The number of ether oxygens (including phenoxy) is 2. The molecule has 0 radical (unpaired) electrons. The molecule has 3 atom stereocenters. The van der Waals surface area contributed by atoms with Gasteiger partial charge >= 0.3 is 18.4 Å². The van der Waals surface area contributed by atoms with Crippen molar-refractivity contribution in [2.24, 2.45) is 5.92 Å². The topological polar surface area (TPSA) is 135 Å². The van der Waals surface area contributed by atoms with Gasteiger partial charge in [-0.2, -0.15) is 13.2 Å². The lowest BCUT2D eigenvalue weighted by atomic mass is 9.82. The summed E-state index contributed by atoms with van der Waals surface area (Å²) in [6, 6.07) is 11.8. The predicted octanol–water partition coefficient (Wildman–Crippen LogP) is 4.86. The molecule has 0 heterocycles. The van der Waals surface area contributed by atoms with Crippen molar-refractivity contribution < 1.29 is 41.8 Å². The Kier molecular flexibility index (Phi) is 10.8. The molecule has 42 heavy (non-hydrogen) atoms. The van der Waals surface area contributed by atoms with E-state index in [2.05, 4.69) is 21.3 Å². The predicted molar refractivity (Wildman–Crippen MR) is 148 cm³/mol. The van der Waals surface area contributed by atoms with Crippen LogP contribution in [0.5, 0.6) is 0 Å². The third kappa shape index (κ3) is 10.6. The number of anilines is 1. The van der Waals surface area contributed by atoms with Gasteiger partial charge in [-0.1, -0.05) is 24.3 Å². The van der Waals surface area contributed by atoms with Crippen LogP contribution in [0.3, 0.4) is 0 Å². The Labute approximate surface area is 241 Å². The van der Waals surface area contributed by atoms with Crippen LogP contribution in [0.1, 0.15) is 56.0 Å². The number of para-hydroxylation sites is 1. The first-order chi connectivity index (χ1) is 19.7. The van der Waals surface area contributed by atoms with E-state index in [1.807, 2.05) is 0 Å². The van der Waals surface area contributed by atoms with E-state index in [1.54, 1.807) is 51.1 Å². The maximum atomic E-state index is 13.0. The van der Waals surface area contributed by atoms with Crippen LogP contribution in [0.4, 0.5) is 28.4 Å². The Bertz CT molecular complexity index is 1250. The van der Waals surface area contributed by atoms with E-state index < -0.39 is 59.8 Å². The fraction of sp³-hybridized carbons (Fsp3) is 0.448. The van der Waals surface area contributed by atoms with Crippen LogP contribution in [-0.2, 0) is 20.4 Å². The number of nitrogens with one attached hydrogen (secondary N) is 4. The molecule has 1 aliphatic rings. The van der Waals surface area contributed by atoms with Gasteiger partial charge in [-0.05, 0) is 70.4 Å². The minimum atomic E-state index is -4.61. The molecule has 1 saturated carbocycles. The largest absolute Gasteiger partial charge is 0.449 e. The summed E-state index contributed by atoms with van der Waals surface area (Å²) < 4.78 is 49.7. The summed E-state index contributed by atoms with van der Waals surface area (Å²) in [5.74, 6) is -1.81. The van der Waals surface area contributed by atoms with Crippen molar-refractivity contribution in [3.63, 3.8) is 0 Å². The zero-order chi connectivity index (χ0) is 30.9. The van der Waals surface area contributed by atoms with E-state index >= 15 is 0 Å². The Morgan fingerprint density at radius 1 is 0.905 bits per heavy atom. The lowest BCUT2D eigenvalue weighted by Crippen LogP contribution is -2.52. The first-order valence-electron chi connectivity index (χ1n) is 13.4.